The highest BCUT2D eigenvalue weighted by atomic mass is 127. The third-order valence-corrected chi connectivity index (χ3v) is 4.73. The van der Waals surface area contributed by atoms with Crippen LogP contribution in [-0.2, 0) is 0 Å². The first-order chi connectivity index (χ1) is 9.52. The Morgan fingerprint density at radius 2 is 2.10 bits per heavy atom. The highest BCUT2D eigenvalue weighted by Crippen LogP contribution is 2.24. The van der Waals surface area contributed by atoms with Gasteiger partial charge in [-0.2, -0.15) is 0 Å². The molecule has 0 saturated carbocycles. The molecule has 1 heterocycles. The summed E-state index contributed by atoms with van der Waals surface area (Å²) in [6.07, 6.45) is 2.00. The molecule has 1 saturated heterocycles. The molecular formula is C15H21IN2O2. The number of amides is 1. The Bertz CT molecular complexity index is 485. The lowest BCUT2D eigenvalue weighted by atomic mass is 10.0. The van der Waals surface area contributed by atoms with Gasteiger partial charge in [0.2, 0.25) is 0 Å². The number of benzene rings is 1. The molecule has 0 aromatic heterocycles. The first-order valence-corrected chi connectivity index (χ1v) is 8.08. The summed E-state index contributed by atoms with van der Waals surface area (Å²) in [7, 11) is 1.84. The molecule has 1 N–H and O–H groups in total. The molecule has 5 heteroatoms. The van der Waals surface area contributed by atoms with Crippen molar-refractivity contribution < 1.29 is 9.90 Å². The van der Waals surface area contributed by atoms with E-state index in [1.54, 1.807) is 23.1 Å². The average Bonchev–Trinajstić information content (AvgIpc) is 2.48. The molecule has 2 rings (SSSR count). The lowest BCUT2D eigenvalue weighted by Crippen LogP contribution is -2.45. The minimum absolute atomic E-state index is 0.0632. The Balaban J connectivity index is 2.07. The number of hydrogen-bond donors (Lipinski definition) is 1. The summed E-state index contributed by atoms with van der Waals surface area (Å²) in [5.74, 6) is -0.0239. The molecule has 0 spiro atoms. The van der Waals surface area contributed by atoms with Crippen LogP contribution < -0.4 is 0 Å². The second-order valence-corrected chi connectivity index (χ2v) is 6.49. The van der Waals surface area contributed by atoms with Crippen LogP contribution in [0.2, 0.25) is 0 Å². The molecule has 0 radical (unpaired) electrons. The fraction of sp³-hybridized carbons (Fsp3) is 0.533. The number of aromatic hydroxyl groups is 1. The fourth-order valence-corrected chi connectivity index (χ4v) is 3.15. The van der Waals surface area contributed by atoms with Gasteiger partial charge in [-0.05, 0) is 60.2 Å². The molecule has 1 amide bonds. The molecule has 1 aliphatic rings. The summed E-state index contributed by atoms with van der Waals surface area (Å²) in [5, 5.41) is 9.87. The summed E-state index contributed by atoms with van der Waals surface area (Å²) < 4.78 is 0.956. The Kier molecular flexibility index (Phi) is 5.26. The maximum absolute atomic E-state index is 12.5. The number of carbonyl (C=O) groups excluding carboxylic acids is 1. The van der Waals surface area contributed by atoms with Gasteiger partial charge in [0.1, 0.15) is 5.75 Å². The van der Waals surface area contributed by atoms with Crippen LogP contribution in [0.4, 0.5) is 0 Å². The molecule has 0 aliphatic carbocycles. The van der Waals surface area contributed by atoms with E-state index in [9.17, 15) is 9.90 Å². The summed E-state index contributed by atoms with van der Waals surface area (Å²) in [4.78, 5) is 16.7. The third-order valence-electron chi connectivity index (χ3n) is 4.06. The SMILES string of the molecule is CCN1CCC(N(C)C(=O)c2cc(I)ccc2O)CC1. The molecule has 1 aliphatic heterocycles. The summed E-state index contributed by atoms with van der Waals surface area (Å²) >= 11 is 2.15. The number of hydrogen-bond acceptors (Lipinski definition) is 3. The number of carbonyl (C=O) groups is 1. The highest BCUT2D eigenvalue weighted by molar-refractivity contribution is 14.1. The van der Waals surface area contributed by atoms with Crippen LogP contribution in [0.25, 0.3) is 0 Å². The van der Waals surface area contributed by atoms with E-state index in [4.69, 9.17) is 0 Å². The molecule has 0 bridgehead atoms. The van der Waals surface area contributed by atoms with Gasteiger partial charge in [-0.25, -0.2) is 0 Å². The summed E-state index contributed by atoms with van der Waals surface area (Å²) in [5.41, 5.74) is 0.400. The zero-order chi connectivity index (χ0) is 14.7. The zero-order valence-corrected chi connectivity index (χ0v) is 14.1. The third kappa shape index (κ3) is 3.44. The Morgan fingerprint density at radius 3 is 2.70 bits per heavy atom. The predicted octanol–water partition coefficient (Wildman–Crippen LogP) is 2.55. The van der Waals surface area contributed by atoms with Crippen molar-refractivity contribution in [1.29, 1.82) is 0 Å². The number of piperidine rings is 1. The largest absolute Gasteiger partial charge is 0.507 e. The van der Waals surface area contributed by atoms with Crippen LogP contribution in [0.15, 0.2) is 18.2 Å². The number of halogens is 1. The van der Waals surface area contributed by atoms with E-state index in [2.05, 4.69) is 34.4 Å². The monoisotopic (exact) mass is 388 g/mol. The van der Waals surface area contributed by atoms with Gasteiger partial charge in [0, 0.05) is 29.7 Å². The lowest BCUT2D eigenvalue weighted by molar-refractivity contribution is 0.0644. The van der Waals surface area contributed by atoms with E-state index in [1.807, 2.05) is 7.05 Å². The van der Waals surface area contributed by atoms with Crippen LogP contribution >= 0.6 is 22.6 Å². The summed E-state index contributed by atoms with van der Waals surface area (Å²) in [6.45, 7) is 5.31. The van der Waals surface area contributed by atoms with Crippen molar-refractivity contribution in [3.63, 3.8) is 0 Å². The van der Waals surface area contributed by atoms with E-state index < -0.39 is 0 Å². The van der Waals surface area contributed by atoms with Crippen LogP contribution in [-0.4, -0.2) is 53.5 Å². The Labute approximate surface area is 133 Å². The van der Waals surface area contributed by atoms with Gasteiger partial charge in [0.15, 0.2) is 0 Å². The van der Waals surface area contributed by atoms with Crippen molar-refractivity contribution in [2.24, 2.45) is 0 Å². The number of likely N-dealkylation sites (tertiary alicyclic amines) is 1. The van der Waals surface area contributed by atoms with Crippen LogP contribution in [0.3, 0.4) is 0 Å². The normalized spacial score (nSPS) is 17.1. The second-order valence-electron chi connectivity index (χ2n) is 5.24. The molecule has 1 aromatic rings. The van der Waals surface area contributed by atoms with Crippen molar-refractivity contribution >= 4 is 28.5 Å². The van der Waals surface area contributed by atoms with Gasteiger partial charge in [-0.3, -0.25) is 4.79 Å². The fourth-order valence-electron chi connectivity index (χ4n) is 2.66. The molecular weight excluding hydrogens is 367 g/mol. The first-order valence-electron chi connectivity index (χ1n) is 7.01. The van der Waals surface area contributed by atoms with E-state index in [1.165, 1.54) is 0 Å². The number of phenols is 1. The zero-order valence-electron chi connectivity index (χ0n) is 12.0. The van der Waals surface area contributed by atoms with Crippen molar-refractivity contribution in [3.8, 4) is 5.75 Å². The highest BCUT2D eigenvalue weighted by Gasteiger charge is 2.26. The Hall–Kier alpha value is -0.820. The van der Waals surface area contributed by atoms with Gasteiger partial charge in [0.25, 0.3) is 5.91 Å². The average molecular weight is 388 g/mol. The first kappa shape index (κ1) is 15.6. The summed E-state index contributed by atoms with van der Waals surface area (Å²) in [6, 6.07) is 5.40. The van der Waals surface area contributed by atoms with Crippen LogP contribution in [0, 0.1) is 3.57 Å². The standard InChI is InChI=1S/C15H21IN2O2/c1-3-18-8-6-12(7-9-18)17(2)15(20)13-10-11(16)4-5-14(13)19/h4-5,10,12,19H,3,6-9H2,1-2H3. The maximum Gasteiger partial charge on any atom is 0.257 e. The van der Waals surface area contributed by atoms with E-state index in [0.29, 0.717) is 5.56 Å². The van der Waals surface area contributed by atoms with Crippen LogP contribution in [0.1, 0.15) is 30.1 Å². The lowest BCUT2D eigenvalue weighted by Gasteiger charge is -2.36. The van der Waals surface area contributed by atoms with Gasteiger partial charge >= 0.3 is 0 Å². The maximum atomic E-state index is 12.5. The van der Waals surface area contributed by atoms with E-state index in [0.717, 1.165) is 36.0 Å². The molecule has 110 valence electrons. The topological polar surface area (TPSA) is 43.8 Å². The molecule has 20 heavy (non-hydrogen) atoms. The van der Waals surface area contributed by atoms with Crippen molar-refractivity contribution in [1.82, 2.24) is 9.80 Å². The molecule has 0 unspecified atom stereocenters. The molecule has 0 atom stereocenters. The van der Waals surface area contributed by atoms with Crippen molar-refractivity contribution in [2.75, 3.05) is 26.7 Å². The van der Waals surface area contributed by atoms with Crippen molar-refractivity contribution in [3.05, 3.63) is 27.3 Å². The molecule has 1 aromatic carbocycles. The number of nitrogens with zero attached hydrogens (tertiary/aromatic N) is 2. The van der Waals surface area contributed by atoms with Crippen molar-refractivity contribution in [2.45, 2.75) is 25.8 Å². The molecule has 4 nitrogen and oxygen atoms in total. The van der Waals surface area contributed by atoms with Gasteiger partial charge in [-0.1, -0.05) is 6.92 Å². The number of rotatable bonds is 3. The quantitative estimate of drug-likeness (QED) is 0.810. The second kappa shape index (κ2) is 6.76. The number of phenolic OH excluding ortho intramolecular Hbond substituents is 1. The van der Waals surface area contributed by atoms with Gasteiger partial charge in [-0.15, -0.1) is 0 Å². The van der Waals surface area contributed by atoms with Crippen LogP contribution in [0.5, 0.6) is 5.75 Å². The van der Waals surface area contributed by atoms with E-state index >= 15 is 0 Å². The molecule has 1 fully saturated rings. The minimum atomic E-state index is -0.0871. The minimum Gasteiger partial charge on any atom is -0.507 e. The van der Waals surface area contributed by atoms with Gasteiger partial charge < -0.3 is 14.9 Å². The Morgan fingerprint density at radius 1 is 1.45 bits per heavy atom. The predicted molar refractivity (Wildman–Crippen MR) is 88.1 cm³/mol. The van der Waals surface area contributed by atoms with Gasteiger partial charge in [0.05, 0.1) is 5.56 Å². The van der Waals surface area contributed by atoms with E-state index in [-0.39, 0.29) is 17.7 Å². The smallest absolute Gasteiger partial charge is 0.257 e.